The minimum atomic E-state index is 0. The summed E-state index contributed by atoms with van der Waals surface area (Å²) in [5.41, 5.74) is 4.73. The molecule has 0 nitrogen and oxygen atoms in total. The molecule has 1 aromatic carbocycles. The molecule has 0 aromatic heterocycles. The van der Waals surface area contributed by atoms with E-state index in [4.69, 9.17) is 0 Å². The molecular formula is C16H28. The van der Waals surface area contributed by atoms with Gasteiger partial charge in [-0.15, -0.1) is 0 Å². The molecule has 1 aromatic rings. The molecule has 0 aliphatic rings. The Morgan fingerprint density at radius 3 is 1.25 bits per heavy atom. The minimum absolute atomic E-state index is 0. The summed E-state index contributed by atoms with van der Waals surface area (Å²) < 4.78 is 0. The number of hydrogen-bond acceptors (Lipinski definition) is 0. The summed E-state index contributed by atoms with van der Waals surface area (Å²) in [6.45, 7) is 15.8. The molecule has 0 saturated carbocycles. The second kappa shape index (κ2) is 4.61. The van der Waals surface area contributed by atoms with E-state index in [2.05, 4.69) is 66.7 Å². The van der Waals surface area contributed by atoms with Crippen LogP contribution in [0.15, 0.2) is 18.2 Å². The minimum Gasteiger partial charge on any atom is -0.0776 e. The van der Waals surface area contributed by atoms with Gasteiger partial charge in [-0.25, -0.2) is 0 Å². The van der Waals surface area contributed by atoms with Crippen LogP contribution in [0.1, 0.15) is 65.7 Å². The van der Waals surface area contributed by atoms with Crippen molar-refractivity contribution in [3.05, 3.63) is 34.9 Å². The molecule has 0 radical (unpaired) electrons. The van der Waals surface area contributed by atoms with Crippen LogP contribution in [0.4, 0.5) is 0 Å². The Labute approximate surface area is 102 Å². The van der Waals surface area contributed by atoms with E-state index >= 15 is 0 Å². The van der Waals surface area contributed by atoms with Crippen molar-refractivity contribution in [2.24, 2.45) is 0 Å². The third-order valence-electron chi connectivity index (χ3n) is 2.81. The van der Waals surface area contributed by atoms with Crippen LogP contribution in [0.5, 0.6) is 0 Å². The average Bonchev–Trinajstić information content (AvgIpc) is 1.99. The zero-order valence-electron chi connectivity index (χ0n) is 11.2. The summed E-state index contributed by atoms with van der Waals surface area (Å²) in [5.74, 6) is 0. The van der Waals surface area contributed by atoms with Crippen LogP contribution in [-0.4, -0.2) is 0 Å². The maximum atomic E-state index is 2.35. The molecule has 16 heavy (non-hydrogen) atoms. The number of aryl methyl sites for hydroxylation is 1. The highest BCUT2D eigenvalue weighted by Crippen LogP contribution is 2.29. The molecule has 1 rings (SSSR count). The number of rotatable bonds is 0. The normalized spacial score (nSPS) is 12.2. The maximum Gasteiger partial charge on any atom is -0.0132 e. The van der Waals surface area contributed by atoms with Gasteiger partial charge in [-0.05, 0) is 28.9 Å². The Hall–Kier alpha value is -0.780. The lowest BCUT2D eigenvalue weighted by Gasteiger charge is -2.25. The zero-order chi connectivity index (χ0) is 11.9. The molecule has 0 atom stereocenters. The molecule has 0 amide bonds. The van der Waals surface area contributed by atoms with Gasteiger partial charge in [0.1, 0.15) is 0 Å². The first-order valence-corrected chi connectivity index (χ1v) is 5.73. The first-order valence-electron chi connectivity index (χ1n) is 5.73. The molecule has 0 saturated heterocycles. The smallest absolute Gasteiger partial charge is 0.0132 e. The van der Waals surface area contributed by atoms with Crippen LogP contribution in [0.2, 0.25) is 0 Å². The molecule has 0 N–H and O–H groups in total. The lowest BCUT2D eigenvalue weighted by molar-refractivity contribution is 0.567. The highest BCUT2D eigenvalue weighted by molar-refractivity contribution is 5.36. The monoisotopic (exact) mass is 220 g/mol. The van der Waals surface area contributed by atoms with E-state index in [1.807, 2.05) is 0 Å². The molecular weight excluding hydrogens is 192 g/mol. The average molecular weight is 220 g/mol. The summed E-state index contributed by atoms with van der Waals surface area (Å²) in [7, 11) is 0. The van der Waals surface area contributed by atoms with Crippen LogP contribution in [0.25, 0.3) is 0 Å². The Balaban J connectivity index is 0.00000225. The van der Waals surface area contributed by atoms with Gasteiger partial charge in [-0.3, -0.25) is 0 Å². The third kappa shape index (κ3) is 3.66. The van der Waals surface area contributed by atoms with Gasteiger partial charge in [0.2, 0.25) is 0 Å². The first-order chi connectivity index (χ1) is 6.60. The molecule has 0 aliphatic carbocycles. The standard InChI is InChI=1S/C15H24.CH4/c1-11-8-12(14(2,3)4)10-13(9-11)15(5,6)7;/h8-10H,1-7H3;1H4. The van der Waals surface area contributed by atoms with E-state index in [0.29, 0.717) is 0 Å². The number of benzene rings is 1. The SMILES string of the molecule is C.Cc1cc(C(C)(C)C)cc(C(C)(C)C)c1. The van der Waals surface area contributed by atoms with Gasteiger partial charge in [-0.1, -0.05) is 72.7 Å². The Kier molecular flexibility index (Phi) is 4.38. The van der Waals surface area contributed by atoms with Crippen molar-refractivity contribution < 1.29 is 0 Å². The van der Waals surface area contributed by atoms with Crippen molar-refractivity contribution in [1.82, 2.24) is 0 Å². The van der Waals surface area contributed by atoms with Gasteiger partial charge in [0.05, 0.1) is 0 Å². The maximum absolute atomic E-state index is 2.35. The van der Waals surface area contributed by atoms with Gasteiger partial charge in [-0.2, -0.15) is 0 Å². The molecule has 0 heterocycles. The Morgan fingerprint density at radius 1 is 0.688 bits per heavy atom. The molecule has 0 fully saturated rings. The van der Waals surface area contributed by atoms with Crippen molar-refractivity contribution in [2.75, 3.05) is 0 Å². The quantitative estimate of drug-likeness (QED) is 0.562. The summed E-state index contributed by atoms with van der Waals surface area (Å²) in [6, 6.07) is 6.96. The number of hydrogen-bond donors (Lipinski definition) is 0. The lowest BCUT2D eigenvalue weighted by Crippen LogP contribution is -2.16. The van der Waals surface area contributed by atoms with Crippen molar-refractivity contribution in [1.29, 1.82) is 0 Å². The fourth-order valence-corrected chi connectivity index (χ4v) is 1.65. The van der Waals surface area contributed by atoms with E-state index in [1.165, 1.54) is 16.7 Å². The molecule has 0 bridgehead atoms. The van der Waals surface area contributed by atoms with Crippen LogP contribution in [-0.2, 0) is 10.8 Å². The second-order valence-electron chi connectivity index (χ2n) is 6.59. The van der Waals surface area contributed by atoms with Gasteiger partial charge in [0.15, 0.2) is 0 Å². The lowest BCUT2D eigenvalue weighted by atomic mass is 9.80. The molecule has 0 unspecified atom stereocenters. The van der Waals surface area contributed by atoms with E-state index in [-0.39, 0.29) is 18.3 Å². The Morgan fingerprint density at radius 2 is 1.00 bits per heavy atom. The van der Waals surface area contributed by atoms with Crippen LogP contribution < -0.4 is 0 Å². The van der Waals surface area contributed by atoms with Crippen LogP contribution in [0, 0.1) is 6.92 Å². The van der Waals surface area contributed by atoms with Gasteiger partial charge in [0.25, 0.3) is 0 Å². The van der Waals surface area contributed by atoms with Crippen LogP contribution >= 0.6 is 0 Å². The fraction of sp³-hybridized carbons (Fsp3) is 0.625. The van der Waals surface area contributed by atoms with Gasteiger partial charge < -0.3 is 0 Å². The first kappa shape index (κ1) is 15.2. The van der Waals surface area contributed by atoms with Crippen molar-refractivity contribution >= 4 is 0 Å². The predicted octanol–water partition coefficient (Wildman–Crippen LogP) is 5.23. The summed E-state index contributed by atoms with van der Waals surface area (Å²) in [5, 5.41) is 0. The third-order valence-corrected chi connectivity index (χ3v) is 2.81. The van der Waals surface area contributed by atoms with Crippen molar-refractivity contribution in [3.63, 3.8) is 0 Å². The summed E-state index contributed by atoms with van der Waals surface area (Å²) >= 11 is 0. The topological polar surface area (TPSA) is 0 Å². The fourth-order valence-electron chi connectivity index (χ4n) is 1.65. The van der Waals surface area contributed by atoms with Crippen molar-refractivity contribution in [3.8, 4) is 0 Å². The van der Waals surface area contributed by atoms with Crippen LogP contribution in [0.3, 0.4) is 0 Å². The molecule has 0 heteroatoms. The zero-order valence-corrected chi connectivity index (χ0v) is 11.2. The van der Waals surface area contributed by atoms with Crippen molar-refractivity contribution in [2.45, 2.75) is 66.7 Å². The van der Waals surface area contributed by atoms with E-state index in [1.54, 1.807) is 0 Å². The summed E-state index contributed by atoms with van der Waals surface area (Å²) in [4.78, 5) is 0. The van der Waals surface area contributed by atoms with E-state index in [0.717, 1.165) is 0 Å². The highest BCUT2D eigenvalue weighted by Gasteiger charge is 2.19. The Bertz CT molecular complexity index is 313. The molecule has 0 aliphatic heterocycles. The molecule has 0 spiro atoms. The van der Waals surface area contributed by atoms with E-state index < -0.39 is 0 Å². The summed E-state index contributed by atoms with van der Waals surface area (Å²) in [6.07, 6.45) is 0. The van der Waals surface area contributed by atoms with E-state index in [9.17, 15) is 0 Å². The highest BCUT2D eigenvalue weighted by atomic mass is 14.2. The largest absolute Gasteiger partial charge is 0.0776 e. The van der Waals surface area contributed by atoms with Gasteiger partial charge >= 0.3 is 0 Å². The predicted molar refractivity (Wildman–Crippen MR) is 75.3 cm³/mol. The molecule has 92 valence electrons. The van der Waals surface area contributed by atoms with Gasteiger partial charge in [0, 0.05) is 0 Å². The second-order valence-corrected chi connectivity index (χ2v) is 6.59.